The Hall–Kier alpha value is -0.290. The lowest BCUT2D eigenvalue weighted by atomic mass is 10.1. The Morgan fingerprint density at radius 3 is 2.88 bits per heavy atom. The highest BCUT2D eigenvalue weighted by Crippen LogP contribution is 2.19. The summed E-state index contributed by atoms with van der Waals surface area (Å²) < 4.78 is 1.00. The van der Waals surface area contributed by atoms with Crippen LogP contribution in [0.2, 0.25) is 0 Å². The van der Waals surface area contributed by atoms with Crippen LogP contribution in [0.4, 0.5) is 0 Å². The molecule has 2 rings (SSSR count). The summed E-state index contributed by atoms with van der Waals surface area (Å²) in [6, 6.07) is 7.68. The van der Waals surface area contributed by atoms with Crippen LogP contribution in [-0.4, -0.2) is 29.3 Å². The van der Waals surface area contributed by atoms with E-state index in [9.17, 15) is 4.79 Å². The van der Waals surface area contributed by atoms with Crippen LogP contribution in [0.15, 0.2) is 24.3 Å². The van der Waals surface area contributed by atoms with Crippen LogP contribution in [0, 0.1) is 3.57 Å². The number of halogens is 2. The quantitative estimate of drug-likeness (QED) is 0.563. The fraction of sp³-hybridized carbons (Fsp3) is 0.417. The summed E-state index contributed by atoms with van der Waals surface area (Å²) in [5.41, 5.74) is 0.786. The van der Waals surface area contributed by atoms with E-state index >= 15 is 0 Å². The third kappa shape index (κ3) is 2.69. The zero-order valence-electron chi connectivity index (χ0n) is 8.83. The first-order valence-corrected chi connectivity index (χ1v) is 6.88. The SMILES string of the molecule is O=C(c1ccccc1I)N1CCCC(Cl)C1. The van der Waals surface area contributed by atoms with Gasteiger partial charge in [-0.25, -0.2) is 0 Å². The third-order valence-corrected chi connectivity index (χ3v) is 4.05. The molecule has 1 amide bonds. The minimum Gasteiger partial charge on any atom is -0.337 e. The Labute approximate surface area is 114 Å². The number of hydrogen-bond donors (Lipinski definition) is 0. The molecule has 1 unspecified atom stereocenters. The van der Waals surface area contributed by atoms with Gasteiger partial charge in [-0.05, 0) is 47.6 Å². The number of alkyl halides is 1. The molecule has 16 heavy (non-hydrogen) atoms. The van der Waals surface area contributed by atoms with Crippen molar-refractivity contribution in [2.24, 2.45) is 0 Å². The summed E-state index contributed by atoms with van der Waals surface area (Å²) in [5.74, 6) is 0.107. The van der Waals surface area contributed by atoms with Gasteiger partial charge in [0.1, 0.15) is 0 Å². The lowest BCUT2D eigenvalue weighted by molar-refractivity contribution is 0.0726. The van der Waals surface area contributed by atoms with Gasteiger partial charge in [-0.1, -0.05) is 12.1 Å². The molecule has 0 radical (unpaired) electrons. The molecule has 1 aromatic carbocycles. The number of carbonyl (C=O) groups is 1. The van der Waals surface area contributed by atoms with E-state index in [-0.39, 0.29) is 11.3 Å². The Morgan fingerprint density at radius 1 is 1.44 bits per heavy atom. The first kappa shape index (κ1) is 12.2. The number of benzene rings is 1. The number of hydrogen-bond acceptors (Lipinski definition) is 1. The summed E-state index contributed by atoms with van der Waals surface area (Å²) in [5, 5.41) is 0.110. The van der Waals surface area contributed by atoms with E-state index in [1.807, 2.05) is 29.2 Å². The van der Waals surface area contributed by atoms with Crippen LogP contribution >= 0.6 is 34.2 Å². The van der Waals surface area contributed by atoms with Gasteiger partial charge in [0.25, 0.3) is 5.91 Å². The van der Waals surface area contributed by atoms with Gasteiger partial charge in [0.2, 0.25) is 0 Å². The average molecular weight is 350 g/mol. The third-order valence-electron chi connectivity index (χ3n) is 2.76. The molecule has 0 saturated carbocycles. The van der Waals surface area contributed by atoms with Crippen LogP contribution < -0.4 is 0 Å². The van der Waals surface area contributed by atoms with Crippen molar-refractivity contribution in [1.82, 2.24) is 4.90 Å². The molecule has 1 aliphatic heterocycles. The maximum absolute atomic E-state index is 12.2. The summed E-state index contributed by atoms with van der Waals surface area (Å²) in [4.78, 5) is 14.1. The van der Waals surface area contributed by atoms with Gasteiger partial charge in [-0.15, -0.1) is 11.6 Å². The monoisotopic (exact) mass is 349 g/mol. The van der Waals surface area contributed by atoms with Gasteiger partial charge >= 0.3 is 0 Å². The van der Waals surface area contributed by atoms with Crippen molar-refractivity contribution in [2.75, 3.05) is 13.1 Å². The molecule has 1 fully saturated rings. The highest BCUT2D eigenvalue weighted by Gasteiger charge is 2.23. The lowest BCUT2D eigenvalue weighted by Crippen LogP contribution is -2.40. The average Bonchev–Trinajstić information content (AvgIpc) is 2.29. The minimum absolute atomic E-state index is 0.107. The van der Waals surface area contributed by atoms with Gasteiger partial charge in [-0.2, -0.15) is 0 Å². The van der Waals surface area contributed by atoms with Gasteiger partial charge in [0.15, 0.2) is 0 Å². The Balaban J connectivity index is 2.16. The van der Waals surface area contributed by atoms with Crippen LogP contribution in [0.5, 0.6) is 0 Å². The van der Waals surface area contributed by atoms with Crippen LogP contribution in [0.25, 0.3) is 0 Å². The smallest absolute Gasteiger partial charge is 0.254 e. The minimum atomic E-state index is 0.107. The molecule has 1 aliphatic rings. The predicted octanol–water partition coefficient (Wildman–Crippen LogP) is 3.13. The Morgan fingerprint density at radius 2 is 2.19 bits per heavy atom. The van der Waals surface area contributed by atoms with Crippen molar-refractivity contribution >= 4 is 40.1 Å². The molecule has 0 spiro atoms. The Bertz CT molecular complexity index is 396. The molecule has 1 atom stereocenters. The van der Waals surface area contributed by atoms with E-state index in [0.717, 1.165) is 28.5 Å². The standard InChI is InChI=1S/C12H13ClINO/c13-9-4-3-7-15(8-9)12(16)10-5-1-2-6-11(10)14/h1-2,5-6,9H,3-4,7-8H2. The van der Waals surface area contributed by atoms with Gasteiger partial charge < -0.3 is 4.90 Å². The summed E-state index contributed by atoms with van der Waals surface area (Å²) >= 11 is 8.28. The fourth-order valence-corrected chi connectivity index (χ4v) is 2.85. The maximum Gasteiger partial charge on any atom is 0.254 e. The number of nitrogens with zero attached hydrogens (tertiary/aromatic N) is 1. The van der Waals surface area contributed by atoms with E-state index in [4.69, 9.17) is 11.6 Å². The number of carbonyl (C=O) groups excluding carboxylic acids is 1. The lowest BCUT2D eigenvalue weighted by Gasteiger charge is -2.30. The van der Waals surface area contributed by atoms with E-state index in [1.54, 1.807) is 0 Å². The van der Waals surface area contributed by atoms with Crippen molar-refractivity contribution in [3.8, 4) is 0 Å². The Kier molecular flexibility index (Phi) is 4.08. The highest BCUT2D eigenvalue weighted by molar-refractivity contribution is 14.1. The van der Waals surface area contributed by atoms with Gasteiger partial charge in [0.05, 0.1) is 10.9 Å². The van der Waals surface area contributed by atoms with Crippen molar-refractivity contribution in [3.05, 3.63) is 33.4 Å². The molecule has 0 aromatic heterocycles. The molecule has 1 aromatic rings. The predicted molar refractivity (Wildman–Crippen MR) is 73.9 cm³/mol. The van der Waals surface area contributed by atoms with Crippen LogP contribution in [-0.2, 0) is 0 Å². The molecule has 0 bridgehead atoms. The van der Waals surface area contributed by atoms with Crippen LogP contribution in [0.3, 0.4) is 0 Å². The molecule has 1 heterocycles. The van der Waals surface area contributed by atoms with Gasteiger partial charge in [-0.3, -0.25) is 4.79 Å². The second-order valence-corrected chi connectivity index (χ2v) is 5.75. The van der Waals surface area contributed by atoms with Gasteiger partial charge in [0, 0.05) is 16.7 Å². The zero-order chi connectivity index (χ0) is 11.5. The molecule has 1 saturated heterocycles. The van der Waals surface area contributed by atoms with Crippen molar-refractivity contribution in [3.63, 3.8) is 0 Å². The van der Waals surface area contributed by atoms with Crippen molar-refractivity contribution < 1.29 is 4.79 Å². The number of piperidine rings is 1. The molecule has 4 heteroatoms. The largest absolute Gasteiger partial charge is 0.337 e. The molecular weight excluding hydrogens is 336 g/mol. The maximum atomic E-state index is 12.2. The van der Waals surface area contributed by atoms with E-state index in [0.29, 0.717) is 6.54 Å². The molecular formula is C12H13ClINO. The number of rotatable bonds is 1. The second kappa shape index (κ2) is 5.36. The summed E-state index contributed by atoms with van der Waals surface area (Å²) in [7, 11) is 0. The van der Waals surface area contributed by atoms with E-state index in [1.165, 1.54) is 0 Å². The zero-order valence-corrected chi connectivity index (χ0v) is 11.7. The van der Waals surface area contributed by atoms with Crippen LogP contribution in [0.1, 0.15) is 23.2 Å². The van der Waals surface area contributed by atoms with E-state index in [2.05, 4.69) is 22.6 Å². The highest BCUT2D eigenvalue weighted by atomic mass is 127. The summed E-state index contributed by atoms with van der Waals surface area (Å²) in [6.07, 6.45) is 2.01. The normalized spacial score (nSPS) is 20.9. The first-order chi connectivity index (χ1) is 7.68. The number of amides is 1. The van der Waals surface area contributed by atoms with Crippen molar-refractivity contribution in [2.45, 2.75) is 18.2 Å². The number of likely N-dealkylation sites (tertiary alicyclic amines) is 1. The molecule has 0 N–H and O–H groups in total. The van der Waals surface area contributed by atoms with Crippen molar-refractivity contribution in [1.29, 1.82) is 0 Å². The second-order valence-electron chi connectivity index (χ2n) is 3.97. The molecule has 2 nitrogen and oxygen atoms in total. The van der Waals surface area contributed by atoms with E-state index < -0.39 is 0 Å². The molecule has 0 aliphatic carbocycles. The first-order valence-electron chi connectivity index (χ1n) is 5.36. The summed E-state index contributed by atoms with van der Waals surface area (Å²) in [6.45, 7) is 1.50. The molecule has 86 valence electrons. The fourth-order valence-electron chi connectivity index (χ4n) is 1.91. The topological polar surface area (TPSA) is 20.3 Å².